The van der Waals surface area contributed by atoms with Gasteiger partial charge in [-0.05, 0) is 30.7 Å². The highest BCUT2D eigenvalue weighted by Crippen LogP contribution is 2.27. The van der Waals surface area contributed by atoms with Crippen LogP contribution in [0, 0.1) is 0 Å². The number of amides is 1. The number of unbranched alkanes of at least 4 members (excludes halogenated alkanes) is 9. The second kappa shape index (κ2) is 13.6. The number of ether oxygens (including phenoxy) is 1. The smallest absolute Gasteiger partial charge is 0.252 e. The van der Waals surface area contributed by atoms with Crippen molar-refractivity contribution in [3.8, 4) is 17.0 Å². The van der Waals surface area contributed by atoms with Gasteiger partial charge in [-0.1, -0.05) is 95.0 Å². The Morgan fingerprint density at radius 2 is 1.55 bits per heavy atom. The molecular formula is C29H38N2O2. The van der Waals surface area contributed by atoms with Gasteiger partial charge in [0.25, 0.3) is 5.91 Å². The summed E-state index contributed by atoms with van der Waals surface area (Å²) < 4.78 is 5.36. The van der Waals surface area contributed by atoms with Crippen LogP contribution in [0.3, 0.4) is 0 Å². The normalized spacial score (nSPS) is 11.0. The molecule has 3 aromatic rings. The molecule has 0 bridgehead atoms. The number of rotatable bonds is 14. The number of nitrogens with one attached hydrogen (secondary N) is 1. The van der Waals surface area contributed by atoms with E-state index in [-0.39, 0.29) is 5.91 Å². The topological polar surface area (TPSA) is 51.2 Å². The lowest BCUT2D eigenvalue weighted by Gasteiger charge is -2.11. The van der Waals surface area contributed by atoms with Gasteiger partial charge in [0.05, 0.1) is 23.9 Å². The van der Waals surface area contributed by atoms with Crippen LogP contribution >= 0.6 is 0 Å². The van der Waals surface area contributed by atoms with Crippen LogP contribution < -0.4 is 10.1 Å². The molecule has 0 saturated carbocycles. The van der Waals surface area contributed by atoms with Crippen LogP contribution in [0.1, 0.15) is 81.5 Å². The van der Waals surface area contributed by atoms with Gasteiger partial charge in [0.2, 0.25) is 0 Å². The van der Waals surface area contributed by atoms with Crippen LogP contribution in [0.2, 0.25) is 0 Å². The molecule has 1 amide bonds. The molecule has 1 heterocycles. The van der Waals surface area contributed by atoms with Crippen LogP contribution in [0.5, 0.6) is 5.75 Å². The van der Waals surface area contributed by atoms with E-state index in [1.807, 2.05) is 54.6 Å². The summed E-state index contributed by atoms with van der Waals surface area (Å²) in [5.74, 6) is 0.739. The SMILES string of the molecule is CCCCCCCCCCCCNC(=O)c1cc(-c2cccc(OC)c2)nc2ccccc12. The predicted molar refractivity (Wildman–Crippen MR) is 138 cm³/mol. The van der Waals surface area contributed by atoms with Gasteiger partial charge < -0.3 is 10.1 Å². The highest BCUT2D eigenvalue weighted by Gasteiger charge is 2.14. The van der Waals surface area contributed by atoms with E-state index in [4.69, 9.17) is 9.72 Å². The van der Waals surface area contributed by atoms with E-state index in [1.54, 1.807) is 7.11 Å². The lowest BCUT2D eigenvalue weighted by atomic mass is 10.0. The number of carbonyl (C=O) groups is 1. The van der Waals surface area contributed by atoms with E-state index in [9.17, 15) is 4.79 Å². The fourth-order valence-electron chi connectivity index (χ4n) is 4.20. The number of aromatic nitrogens is 1. The maximum Gasteiger partial charge on any atom is 0.252 e. The minimum atomic E-state index is -0.0336. The van der Waals surface area contributed by atoms with Gasteiger partial charge in [-0.25, -0.2) is 4.98 Å². The number of pyridine rings is 1. The number of carbonyl (C=O) groups excluding carboxylic acids is 1. The molecule has 1 N–H and O–H groups in total. The molecule has 2 aromatic carbocycles. The summed E-state index contributed by atoms with van der Waals surface area (Å²) in [4.78, 5) is 17.9. The molecule has 0 spiro atoms. The first kappa shape index (κ1) is 24.8. The standard InChI is InChI=1S/C29H38N2O2/c1-3-4-5-6-7-8-9-10-11-14-20-30-29(32)26-22-28(23-16-15-17-24(21-23)33-2)31-27-19-13-12-18-25(26)27/h12-13,15-19,21-22H,3-11,14,20H2,1-2H3,(H,30,32). The van der Waals surface area contributed by atoms with Gasteiger partial charge in [0.15, 0.2) is 0 Å². The third-order valence-corrected chi connectivity index (χ3v) is 6.14. The Morgan fingerprint density at radius 1 is 0.848 bits per heavy atom. The van der Waals surface area contributed by atoms with Crippen molar-refractivity contribution in [2.24, 2.45) is 0 Å². The van der Waals surface area contributed by atoms with Crippen molar-refractivity contribution < 1.29 is 9.53 Å². The number of methoxy groups -OCH3 is 1. The largest absolute Gasteiger partial charge is 0.497 e. The predicted octanol–water partition coefficient (Wildman–Crippen LogP) is 7.56. The molecule has 0 aliphatic carbocycles. The molecule has 1 aromatic heterocycles. The Bertz CT molecular complexity index is 1020. The first-order valence-electron chi connectivity index (χ1n) is 12.6. The maximum absolute atomic E-state index is 13.1. The first-order valence-corrected chi connectivity index (χ1v) is 12.6. The van der Waals surface area contributed by atoms with Gasteiger partial charge in [0, 0.05) is 17.5 Å². The van der Waals surface area contributed by atoms with Crippen LogP contribution in [-0.4, -0.2) is 24.5 Å². The second-order valence-corrected chi connectivity index (χ2v) is 8.74. The van der Waals surface area contributed by atoms with E-state index in [0.29, 0.717) is 12.1 Å². The van der Waals surface area contributed by atoms with Gasteiger partial charge >= 0.3 is 0 Å². The highest BCUT2D eigenvalue weighted by molar-refractivity contribution is 6.07. The summed E-state index contributed by atoms with van der Waals surface area (Å²) in [5.41, 5.74) is 3.20. The Kier molecular flexibility index (Phi) is 10.2. The molecule has 0 fully saturated rings. The Hall–Kier alpha value is -2.88. The third kappa shape index (κ3) is 7.59. The first-order chi connectivity index (χ1) is 16.2. The number of hydrogen-bond donors (Lipinski definition) is 1. The number of hydrogen-bond acceptors (Lipinski definition) is 3. The Balaban J connectivity index is 1.55. The van der Waals surface area contributed by atoms with Gasteiger partial charge in [-0.2, -0.15) is 0 Å². The molecule has 3 rings (SSSR count). The second-order valence-electron chi connectivity index (χ2n) is 8.74. The zero-order valence-electron chi connectivity index (χ0n) is 20.2. The molecule has 176 valence electrons. The summed E-state index contributed by atoms with van der Waals surface area (Å²) in [5, 5.41) is 4.01. The summed E-state index contributed by atoms with van der Waals surface area (Å²) >= 11 is 0. The average Bonchev–Trinajstić information content (AvgIpc) is 2.86. The van der Waals surface area contributed by atoms with Crippen LogP contribution in [0.15, 0.2) is 54.6 Å². The zero-order valence-corrected chi connectivity index (χ0v) is 20.2. The van der Waals surface area contributed by atoms with Crippen molar-refractivity contribution in [2.75, 3.05) is 13.7 Å². The summed E-state index contributed by atoms with van der Waals surface area (Å²) in [6.45, 7) is 2.97. The number of nitrogens with zero attached hydrogens (tertiary/aromatic N) is 1. The van der Waals surface area contributed by atoms with Gasteiger partial charge in [0.1, 0.15) is 5.75 Å². The molecule has 0 unspecified atom stereocenters. The molecule has 0 saturated heterocycles. The van der Waals surface area contributed by atoms with E-state index in [1.165, 1.54) is 57.8 Å². The highest BCUT2D eigenvalue weighted by atomic mass is 16.5. The van der Waals surface area contributed by atoms with E-state index < -0.39 is 0 Å². The lowest BCUT2D eigenvalue weighted by Crippen LogP contribution is -2.24. The van der Waals surface area contributed by atoms with E-state index in [0.717, 1.165) is 34.3 Å². The van der Waals surface area contributed by atoms with Gasteiger partial charge in [-0.15, -0.1) is 0 Å². The van der Waals surface area contributed by atoms with Crippen molar-refractivity contribution >= 4 is 16.8 Å². The minimum Gasteiger partial charge on any atom is -0.497 e. The Morgan fingerprint density at radius 3 is 2.27 bits per heavy atom. The van der Waals surface area contributed by atoms with Crippen LogP contribution in [0.25, 0.3) is 22.2 Å². The Labute approximate surface area is 198 Å². The maximum atomic E-state index is 13.1. The average molecular weight is 447 g/mol. The summed E-state index contributed by atoms with van der Waals surface area (Å²) in [6, 6.07) is 17.5. The van der Waals surface area contributed by atoms with Crippen LogP contribution in [0.4, 0.5) is 0 Å². The van der Waals surface area contributed by atoms with E-state index in [2.05, 4.69) is 12.2 Å². The van der Waals surface area contributed by atoms with Crippen molar-refractivity contribution in [3.05, 3.63) is 60.2 Å². The van der Waals surface area contributed by atoms with Crippen LogP contribution in [-0.2, 0) is 0 Å². The molecule has 4 nitrogen and oxygen atoms in total. The number of benzene rings is 2. The third-order valence-electron chi connectivity index (χ3n) is 6.14. The van der Waals surface area contributed by atoms with Crippen molar-refractivity contribution in [3.63, 3.8) is 0 Å². The molecular weight excluding hydrogens is 408 g/mol. The molecule has 0 atom stereocenters. The minimum absolute atomic E-state index is 0.0336. The summed E-state index contributed by atoms with van der Waals surface area (Å²) in [7, 11) is 1.65. The monoisotopic (exact) mass is 446 g/mol. The van der Waals surface area contributed by atoms with Gasteiger partial charge in [-0.3, -0.25) is 4.79 Å². The molecule has 4 heteroatoms. The fraction of sp³-hybridized carbons (Fsp3) is 0.448. The van der Waals surface area contributed by atoms with E-state index >= 15 is 0 Å². The number of para-hydroxylation sites is 1. The van der Waals surface area contributed by atoms with Crippen molar-refractivity contribution in [2.45, 2.75) is 71.1 Å². The zero-order chi connectivity index (χ0) is 23.3. The molecule has 0 aliphatic heterocycles. The fourth-order valence-corrected chi connectivity index (χ4v) is 4.20. The number of fused-ring (bicyclic) bond motifs is 1. The quantitative estimate of drug-likeness (QED) is 0.260. The lowest BCUT2D eigenvalue weighted by molar-refractivity contribution is 0.0954. The van der Waals surface area contributed by atoms with Crippen molar-refractivity contribution in [1.82, 2.24) is 10.3 Å². The molecule has 0 radical (unpaired) electrons. The van der Waals surface area contributed by atoms with Crippen molar-refractivity contribution in [1.29, 1.82) is 0 Å². The molecule has 0 aliphatic rings. The molecule has 33 heavy (non-hydrogen) atoms. The summed E-state index contributed by atoms with van der Waals surface area (Å²) in [6.07, 6.45) is 12.9.